The summed E-state index contributed by atoms with van der Waals surface area (Å²) in [5.41, 5.74) is 2.64. The number of nitrogens with zero attached hydrogens (tertiary/aromatic N) is 1. The van der Waals surface area contributed by atoms with E-state index in [1.54, 1.807) is 6.07 Å². The molecule has 0 aliphatic heterocycles. The van der Waals surface area contributed by atoms with Gasteiger partial charge in [0, 0.05) is 5.56 Å². The third kappa shape index (κ3) is 3.69. The minimum absolute atomic E-state index is 0.0614. The number of methoxy groups -OCH3 is 1. The average molecular weight is 397 g/mol. The number of carbonyl (C=O) groups excluding carboxylic acids is 1. The van der Waals surface area contributed by atoms with E-state index >= 15 is 0 Å². The first-order chi connectivity index (χ1) is 11.3. The van der Waals surface area contributed by atoms with E-state index in [0.29, 0.717) is 10.0 Å². The van der Waals surface area contributed by atoms with Crippen LogP contribution in [0.4, 0.5) is 0 Å². The van der Waals surface area contributed by atoms with Crippen LogP contribution in [0.5, 0.6) is 28.7 Å². The van der Waals surface area contributed by atoms with Crippen molar-refractivity contribution < 1.29 is 30.0 Å². The first kappa shape index (κ1) is 17.4. The summed E-state index contributed by atoms with van der Waals surface area (Å²) in [6.07, 6.45) is 1.31. The van der Waals surface area contributed by atoms with Crippen LogP contribution in [0.3, 0.4) is 0 Å². The van der Waals surface area contributed by atoms with Crippen LogP contribution in [0.15, 0.2) is 33.8 Å². The molecular weight excluding hydrogens is 384 g/mol. The Kier molecular flexibility index (Phi) is 5.14. The lowest BCUT2D eigenvalue weighted by Crippen LogP contribution is -2.17. The third-order valence-corrected chi connectivity index (χ3v) is 3.59. The number of ether oxygens (including phenoxy) is 1. The Morgan fingerprint density at radius 2 is 1.75 bits per heavy atom. The van der Waals surface area contributed by atoms with Crippen molar-refractivity contribution in [2.45, 2.75) is 0 Å². The number of hydrogen-bond donors (Lipinski definition) is 5. The number of carbonyl (C=O) groups is 1. The fourth-order valence-corrected chi connectivity index (χ4v) is 2.25. The van der Waals surface area contributed by atoms with Gasteiger partial charge in [0.25, 0.3) is 5.91 Å². The Morgan fingerprint density at radius 3 is 2.33 bits per heavy atom. The van der Waals surface area contributed by atoms with Gasteiger partial charge in [0.2, 0.25) is 0 Å². The molecule has 2 rings (SSSR count). The van der Waals surface area contributed by atoms with Crippen LogP contribution in [-0.2, 0) is 0 Å². The highest BCUT2D eigenvalue weighted by Crippen LogP contribution is 2.35. The van der Waals surface area contributed by atoms with E-state index in [4.69, 9.17) is 4.74 Å². The van der Waals surface area contributed by atoms with Crippen molar-refractivity contribution in [3.8, 4) is 28.7 Å². The number of rotatable bonds is 4. The number of hydrogen-bond acceptors (Lipinski definition) is 7. The van der Waals surface area contributed by atoms with Crippen LogP contribution < -0.4 is 10.2 Å². The Labute approximate surface area is 144 Å². The fraction of sp³-hybridized carbons (Fsp3) is 0.0667. The van der Waals surface area contributed by atoms with Gasteiger partial charge in [-0.25, -0.2) is 5.43 Å². The van der Waals surface area contributed by atoms with Gasteiger partial charge in [-0.15, -0.1) is 0 Å². The number of phenolic OH excluding ortho intramolecular Hbond substituents is 4. The van der Waals surface area contributed by atoms with Crippen molar-refractivity contribution in [3.63, 3.8) is 0 Å². The van der Waals surface area contributed by atoms with Crippen molar-refractivity contribution >= 4 is 28.1 Å². The van der Waals surface area contributed by atoms with Crippen molar-refractivity contribution in [1.82, 2.24) is 5.43 Å². The molecule has 9 heteroatoms. The molecule has 0 unspecified atom stereocenters. The molecule has 0 atom stereocenters. The lowest BCUT2D eigenvalue weighted by molar-refractivity contribution is 0.0954. The number of benzene rings is 2. The van der Waals surface area contributed by atoms with Crippen LogP contribution in [-0.4, -0.2) is 39.7 Å². The molecule has 0 aliphatic carbocycles. The highest BCUT2D eigenvalue weighted by atomic mass is 79.9. The van der Waals surface area contributed by atoms with Crippen molar-refractivity contribution in [2.75, 3.05) is 7.11 Å². The average Bonchev–Trinajstić information content (AvgIpc) is 2.55. The lowest BCUT2D eigenvalue weighted by Gasteiger charge is -2.06. The zero-order chi connectivity index (χ0) is 17.9. The molecule has 0 saturated carbocycles. The van der Waals surface area contributed by atoms with Crippen LogP contribution >= 0.6 is 15.9 Å². The second-order valence-corrected chi connectivity index (χ2v) is 5.47. The minimum Gasteiger partial charge on any atom is -0.504 e. The van der Waals surface area contributed by atoms with Gasteiger partial charge in [0.15, 0.2) is 28.7 Å². The van der Waals surface area contributed by atoms with Crippen LogP contribution in [0, 0.1) is 0 Å². The molecule has 0 heterocycles. The Balaban J connectivity index is 2.14. The molecule has 24 heavy (non-hydrogen) atoms. The van der Waals surface area contributed by atoms with E-state index in [0.717, 1.165) is 12.1 Å². The van der Waals surface area contributed by atoms with E-state index < -0.39 is 23.2 Å². The molecule has 1 amide bonds. The summed E-state index contributed by atoms with van der Waals surface area (Å²) in [7, 11) is 1.40. The first-order valence-corrected chi connectivity index (χ1v) is 7.27. The number of aromatic hydroxyl groups is 4. The number of halogens is 1. The summed E-state index contributed by atoms with van der Waals surface area (Å²) in [5, 5.41) is 41.4. The largest absolute Gasteiger partial charge is 0.504 e. The molecule has 0 aromatic heterocycles. The van der Waals surface area contributed by atoms with Gasteiger partial charge < -0.3 is 25.2 Å². The van der Waals surface area contributed by atoms with Crippen LogP contribution in [0.1, 0.15) is 15.9 Å². The topological polar surface area (TPSA) is 132 Å². The van der Waals surface area contributed by atoms with Gasteiger partial charge in [-0.05, 0) is 45.8 Å². The SMILES string of the molecule is COc1cc(C=NNC(=O)c2cc(O)c(O)c(O)c2)cc(Br)c1O. The zero-order valence-electron chi connectivity index (χ0n) is 12.3. The second-order valence-electron chi connectivity index (χ2n) is 4.62. The molecule has 0 spiro atoms. The van der Waals surface area contributed by atoms with Gasteiger partial charge in [0.05, 0.1) is 17.8 Å². The standard InChI is InChI=1S/C15H13BrN2O6/c1-24-12-3-7(2-9(16)13(12)21)6-17-18-15(23)8-4-10(19)14(22)11(20)5-8/h2-6,19-22H,1H3,(H,18,23). The lowest BCUT2D eigenvalue weighted by atomic mass is 10.2. The van der Waals surface area contributed by atoms with Crippen LogP contribution in [0.25, 0.3) is 0 Å². The summed E-state index contributed by atoms with van der Waals surface area (Å²) in [4.78, 5) is 11.9. The number of hydrazone groups is 1. The summed E-state index contributed by atoms with van der Waals surface area (Å²) in [5.74, 6) is -2.51. The smallest absolute Gasteiger partial charge is 0.271 e. The van der Waals surface area contributed by atoms with Gasteiger partial charge in [0.1, 0.15) is 0 Å². The molecule has 126 valence electrons. The Morgan fingerprint density at radius 1 is 1.12 bits per heavy atom. The predicted octanol–water partition coefficient (Wildman–Crippen LogP) is 2.04. The van der Waals surface area contributed by atoms with Gasteiger partial charge in [-0.2, -0.15) is 5.10 Å². The van der Waals surface area contributed by atoms with E-state index in [1.165, 1.54) is 19.4 Å². The normalized spacial score (nSPS) is 10.8. The zero-order valence-corrected chi connectivity index (χ0v) is 13.9. The molecular formula is C15H13BrN2O6. The maximum Gasteiger partial charge on any atom is 0.271 e. The molecule has 0 aliphatic rings. The molecule has 2 aromatic rings. The Hall–Kier alpha value is -2.94. The summed E-state index contributed by atoms with van der Waals surface area (Å²) < 4.78 is 5.38. The fourth-order valence-electron chi connectivity index (χ4n) is 1.79. The molecule has 0 bridgehead atoms. The predicted molar refractivity (Wildman–Crippen MR) is 88.9 cm³/mol. The molecule has 8 nitrogen and oxygen atoms in total. The minimum atomic E-state index is -0.712. The maximum atomic E-state index is 11.9. The monoisotopic (exact) mass is 396 g/mol. The molecule has 2 aromatic carbocycles. The molecule has 0 saturated heterocycles. The molecule has 0 radical (unpaired) electrons. The van der Waals surface area contributed by atoms with Gasteiger partial charge >= 0.3 is 0 Å². The Bertz CT molecular complexity index is 799. The highest BCUT2D eigenvalue weighted by Gasteiger charge is 2.13. The highest BCUT2D eigenvalue weighted by molar-refractivity contribution is 9.10. The molecule has 5 N–H and O–H groups in total. The third-order valence-electron chi connectivity index (χ3n) is 2.98. The van der Waals surface area contributed by atoms with E-state index in [2.05, 4.69) is 26.5 Å². The van der Waals surface area contributed by atoms with Crippen molar-refractivity contribution in [1.29, 1.82) is 0 Å². The quantitative estimate of drug-likeness (QED) is 0.305. The summed E-state index contributed by atoms with van der Waals surface area (Å²) >= 11 is 3.16. The summed E-state index contributed by atoms with van der Waals surface area (Å²) in [6, 6.07) is 5.04. The van der Waals surface area contributed by atoms with E-state index in [1.807, 2.05) is 0 Å². The number of phenols is 4. The van der Waals surface area contributed by atoms with E-state index in [9.17, 15) is 25.2 Å². The summed E-state index contributed by atoms with van der Waals surface area (Å²) in [6.45, 7) is 0. The second kappa shape index (κ2) is 7.09. The first-order valence-electron chi connectivity index (χ1n) is 6.48. The van der Waals surface area contributed by atoms with Crippen LogP contribution in [0.2, 0.25) is 0 Å². The van der Waals surface area contributed by atoms with Gasteiger partial charge in [-0.3, -0.25) is 4.79 Å². The molecule has 0 fully saturated rings. The van der Waals surface area contributed by atoms with Crippen molar-refractivity contribution in [3.05, 3.63) is 39.9 Å². The van der Waals surface area contributed by atoms with E-state index in [-0.39, 0.29) is 17.1 Å². The number of amides is 1. The number of nitrogens with one attached hydrogen (secondary N) is 1. The maximum absolute atomic E-state index is 11.9. The van der Waals surface area contributed by atoms with Gasteiger partial charge in [-0.1, -0.05) is 0 Å². The van der Waals surface area contributed by atoms with Crippen molar-refractivity contribution in [2.24, 2.45) is 5.10 Å².